The average Bonchev–Trinajstić information content (AvgIpc) is 3.14. The van der Waals surface area contributed by atoms with Crippen molar-refractivity contribution in [2.75, 3.05) is 18.9 Å². The smallest absolute Gasteiger partial charge is 0.257 e. The van der Waals surface area contributed by atoms with Gasteiger partial charge in [-0.05, 0) is 31.2 Å². The number of hydrogen-bond donors (Lipinski definition) is 1. The summed E-state index contributed by atoms with van der Waals surface area (Å²) >= 11 is 1.54. The molecule has 1 N–H and O–H groups in total. The number of pyridine rings is 1. The molecule has 7 heteroatoms. The van der Waals surface area contributed by atoms with E-state index < -0.39 is 0 Å². The third kappa shape index (κ3) is 4.73. The number of ether oxygens (including phenoxy) is 2. The van der Waals surface area contributed by atoms with Gasteiger partial charge in [0.15, 0.2) is 16.7 Å². The largest absolute Gasteiger partial charge is 0.490 e. The van der Waals surface area contributed by atoms with Crippen molar-refractivity contribution in [3.63, 3.8) is 0 Å². The average molecular weight is 357 g/mol. The molecule has 0 saturated heterocycles. The molecule has 1 amide bonds. The van der Waals surface area contributed by atoms with Crippen molar-refractivity contribution >= 4 is 22.8 Å². The van der Waals surface area contributed by atoms with Crippen LogP contribution in [0.5, 0.6) is 11.5 Å². The van der Waals surface area contributed by atoms with Crippen LogP contribution in [-0.4, -0.2) is 35.0 Å². The van der Waals surface area contributed by atoms with Crippen LogP contribution in [0.2, 0.25) is 0 Å². The minimum atomic E-state index is -0.201. The van der Waals surface area contributed by atoms with Crippen molar-refractivity contribution in [1.82, 2.24) is 10.3 Å². The zero-order valence-electron chi connectivity index (χ0n) is 13.9. The predicted molar refractivity (Wildman–Crippen MR) is 98.4 cm³/mol. The topological polar surface area (TPSA) is 72.8 Å². The molecule has 2 aromatic rings. The van der Waals surface area contributed by atoms with E-state index in [-0.39, 0.29) is 5.91 Å². The van der Waals surface area contributed by atoms with E-state index in [1.54, 1.807) is 42.4 Å². The first-order valence-electron chi connectivity index (χ1n) is 8.03. The number of amides is 1. The number of aromatic nitrogens is 1. The number of aliphatic imine (C=N–C) groups is 1. The van der Waals surface area contributed by atoms with Gasteiger partial charge in [0.25, 0.3) is 5.91 Å². The molecule has 0 radical (unpaired) electrons. The van der Waals surface area contributed by atoms with Crippen LogP contribution in [0.15, 0.2) is 47.7 Å². The van der Waals surface area contributed by atoms with Gasteiger partial charge in [-0.25, -0.2) is 0 Å². The van der Waals surface area contributed by atoms with Crippen LogP contribution in [0.25, 0.3) is 0 Å². The maximum Gasteiger partial charge on any atom is 0.257 e. The highest BCUT2D eigenvalue weighted by molar-refractivity contribution is 8.14. The van der Waals surface area contributed by atoms with Crippen LogP contribution in [0.3, 0.4) is 0 Å². The lowest BCUT2D eigenvalue weighted by Crippen LogP contribution is -2.27. The molecular formula is C18H19N3O3S. The summed E-state index contributed by atoms with van der Waals surface area (Å²) in [6.45, 7) is 3.50. The number of carbonyl (C=O) groups excluding carboxylic acids is 1. The van der Waals surface area contributed by atoms with Crippen molar-refractivity contribution in [2.24, 2.45) is 4.99 Å². The van der Waals surface area contributed by atoms with Gasteiger partial charge in [0.05, 0.1) is 13.2 Å². The lowest BCUT2D eigenvalue weighted by Gasteiger charge is -2.13. The van der Waals surface area contributed by atoms with Crippen molar-refractivity contribution in [3.8, 4) is 11.5 Å². The van der Waals surface area contributed by atoms with Crippen molar-refractivity contribution in [3.05, 3.63) is 53.9 Å². The van der Waals surface area contributed by atoms with Crippen LogP contribution < -0.4 is 14.8 Å². The summed E-state index contributed by atoms with van der Waals surface area (Å²) in [7, 11) is 0. The number of carbonyl (C=O) groups is 1. The van der Waals surface area contributed by atoms with E-state index in [2.05, 4.69) is 15.3 Å². The van der Waals surface area contributed by atoms with Crippen molar-refractivity contribution in [1.29, 1.82) is 0 Å². The molecule has 25 heavy (non-hydrogen) atoms. The number of amidine groups is 1. The van der Waals surface area contributed by atoms with E-state index in [9.17, 15) is 4.79 Å². The molecule has 130 valence electrons. The predicted octanol–water partition coefficient (Wildman–Crippen LogP) is 2.89. The third-order valence-electron chi connectivity index (χ3n) is 3.43. The Bertz CT molecular complexity index is 765. The molecule has 1 aromatic heterocycles. The highest BCUT2D eigenvalue weighted by Gasteiger charge is 2.15. The fourth-order valence-electron chi connectivity index (χ4n) is 2.26. The number of rotatable bonds is 6. The zero-order valence-corrected chi connectivity index (χ0v) is 14.7. The van der Waals surface area contributed by atoms with E-state index in [1.165, 1.54) is 0 Å². The second-order valence-corrected chi connectivity index (χ2v) is 6.32. The summed E-state index contributed by atoms with van der Waals surface area (Å²) < 4.78 is 11.4. The maximum atomic E-state index is 12.3. The first-order valence-corrected chi connectivity index (χ1v) is 9.02. The number of hydrogen-bond acceptors (Lipinski definition) is 6. The quantitative estimate of drug-likeness (QED) is 0.861. The molecule has 0 saturated carbocycles. The monoisotopic (exact) mass is 357 g/mol. The van der Waals surface area contributed by atoms with Crippen LogP contribution in [0, 0.1) is 0 Å². The van der Waals surface area contributed by atoms with Crippen LogP contribution in [0.1, 0.15) is 22.8 Å². The van der Waals surface area contributed by atoms with Gasteiger partial charge in [-0.2, -0.15) is 0 Å². The lowest BCUT2D eigenvalue weighted by molar-refractivity contribution is 0.0977. The van der Waals surface area contributed by atoms with Crippen molar-refractivity contribution < 1.29 is 14.3 Å². The van der Waals surface area contributed by atoms with E-state index >= 15 is 0 Å². The molecule has 2 heterocycles. The van der Waals surface area contributed by atoms with E-state index in [4.69, 9.17) is 9.47 Å². The van der Waals surface area contributed by atoms with E-state index in [0.717, 1.165) is 17.9 Å². The second-order valence-electron chi connectivity index (χ2n) is 5.23. The normalized spacial score (nSPS) is 13.2. The van der Waals surface area contributed by atoms with Crippen LogP contribution >= 0.6 is 11.8 Å². The molecule has 1 aromatic carbocycles. The van der Waals surface area contributed by atoms with Crippen LogP contribution in [-0.2, 0) is 6.61 Å². The fourth-order valence-corrected chi connectivity index (χ4v) is 2.98. The van der Waals surface area contributed by atoms with Gasteiger partial charge in [0, 0.05) is 29.3 Å². The SMILES string of the molecule is CCOc1cc(C(=O)NC2=NCCS2)ccc1OCc1cccnc1. The molecule has 6 nitrogen and oxygen atoms in total. The minimum Gasteiger partial charge on any atom is -0.490 e. The molecule has 3 rings (SSSR count). The Labute approximate surface area is 150 Å². The summed E-state index contributed by atoms with van der Waals surface area (Å²) in [6.07, 6.45) is 3.47. The van der Waals surface area contributed by atoms with E-state index in [0.29, 0.717) is 35.4 Å². The first-order chi connectivity index (χ1) is 12.3. The minimum absolute atomic E-state index is 0.201. The number of nitrogens with one attached hydrogen (secondary N) is 1. The maximum absolute atomic E-state index is 12.3. The molecule has 1 aliphatic heterocycles. The molecule has 1 aliphatic rings. The Morgan fingerprint density at radius 1 is 1.28 bits per heavy atom. The molecular weight excluding hydrogens is 338 g/mol. The van der Waals surface area contributed by atoms with Gasteiger partial charge >= 0.3 is 0 Å². The van der Waals surface area contributed by atoms with Gasteiger partial charge in [0.1, 0.15) is 6.61 Å². The van der Waals surface area contributed by atoms with Crippen LogP contribution in [0.4, 0.5) is 0 Å². The Balaban J connectivity index is 1.71. The molecule has 0 bridgehead atoms. The highest BCUT2D eigenvalue weighted by atomic mass is 32.2. The highest BCUT2D eigenvalue weighted by Crippen LogP contribution is 2.29. The zero-order chi connectivity index (χ0) is 17.5. The molecule has 0 atom stereocenters. The molecule has 0 fully saturated rings. The Hall–Kier alpha value is -2.54. The summed E-state index contributed by atoms with van der Waals surface area (Å²) in [4.78, 5) is 20.6. The Morgan fingerprint density at radius 3 is 2.92 bits per heavy atom. The summed E-state index contributed by atoms with van der Waals surface area (Å²) in [5.41, 5.74) is 1.47. The van der Waals surface area contributed by atoms with Gasteiger partial charge < -0.3 is 14.8 Å². The number of benzene rings is 1. The number of thioether (sulfide) groups is 1. The molecule has 0 spiro atoms. The Morgan fingerprint density at radius 2 is 2.20 bits per heavy atom. The van der Waals surface area contributed by atoms with Gasteiger partial charge in [-0.15, -0.1) is 0 Å². The van der Waals surface area contributed by atoms with Gasteiger partial charge in [-0.1, -0.05) is 17.8 Å². The summed E-state index contributed by atoms with van der Waals surface area (Å²) in [5.74, 6) is 1.84. The van der Waals surface area contributed by atoms with Crippen molar-refractivity contribution in [2.45, 2.75) is 13.5 Å². The van der Waals surface area contributed by atoms with Gasteiger partial charge in [0.2, 0.25) is 0 Å². The first kappa shape index (κ1) is 17.3. The fraction of sp³-hybridized carbons (Fsp3) is 0.278. The number of nitrogens with zero attached hydrogens (tertiary/aromatic N) is 2. The lowest BCUT2D eigenvalue weighted by atomic mass is 10.2. The summed E-state index contributed by atoms with van der Waals surface area (Å²) in [6, 6.07) is 8.96. The standard InChI is InChI=1S/C18H19N3O3S/c1-2-23-16-10-14(17(22)21-18-20-8-9-25-18)5-6-15(16)24-12-13-4-3-7-19-11-13/h3-7,10-11H,2,8-9,12H2,1H3,(H,20,21,22). The van der Waals surface area contributed by atoms with E-state index in [1.807, 2.05) is 19.1 Å². The van der Waals surface area contributed by atoms with Gasteiger partial charge in [-0.3, -0.25) is 14.8 Å². The molecule has 0 unspecified atom stereocenters. The Kier molecular flexibility index (Phi) is 5.90. The molecule has 0 aliphatic carbocycles. The summed E-state index contributed by atoms with van der Waals surface area (Å²) in [5, 5.41) is 3.48. The second kappa shape index (κ2) is 8.53. The third-order valence-corrected chi connectivity index (χ3v) is 4.32.